The Kier molecular flexibility index (Phi) is 4.71. The van der Waals surface area contributed by atoms with E-state index >= 15 is 0 Å². The fourth-order valence-electron chi connectivity index (χ4n) is 2.76. The first-order chi connectivity index (χ1) is 11.4. The smallest absolute Gasteiger partial charge is 0.343 e. The molecule has 1 atom stereocenters. The normalized spacial score (nSPS) is 15.3. The zero-order chi connectivity index (χ0) is 17.3. The third-order valence-corrected chi connectivity index (χ3v) is 4.65. The Balaban J connectivity index is 1.64. The molecular formula is C16H18ClFN4O2. The highest BCUT2D eigenvalue weighted by Gasteiger charge is 2.32. The van der Waals surface area contributed by atoms with Gasteiger partial charge in [-0.1, -0.05) is 17.7 Å². The van der Waals surface area contributed by atoms with Crippen LogP contribution in [-0.2, 0) is 13.5 Å². The van der Waals surface area contributed by atoms with E-state index in [0.29, 0.717) is 23.9 Å². The fourth-order valence-corrected chi connectivity index (χ4v) is 3.00. The maximum atomic E-state index is 13.2. The van der Waals surface area contributed by atoms with E-state index in [0.717, 1.165) is 23.1 Å². The number of amides is 1. The number of nitrogens with zero attached hydrogens (tertiary/aromatic N) is 2. The number of hydrogen-bond donors (Lipinski definition) is 2. The van der Waals surface area contributed by atoms with Crippen LogP contribution in [0.5, 0.6) is 0 Å². The van der Waals surface area contributed by atoms with E-state index in [9.17, 15) is 14.0 Å². The van der Waals surface area contributed by atoms with Crippen molar-refractivity contribution in [3.05, 3.63) is 50.9 Å². The molecule has 2 aromatic rings. The first-order valence-electron chi connectivity index (χ1n) is 7.79. The molecule has 1 unspecified atom stereocenters. The Bertz CT molecular complexity index is 813. The highest BCUT2D eigenvalue weighted by molar-refractivity contribution is 6.31. The SMILES string of the molecule is Cn1nc(C(=O)NCC(Cc2ccc(F)cc2Cl)C2CC2)[nH]c1=O. The third kappa shape index (κ3) is 3.84. The minimum Gasteiger partial charge on any atom is -0.349 e. The van der Waals surface area contributed by atoms with E-state index in [1.807, 2.05) is 0 Å². The van der Waals surface area contributed by atoms with Crippen LogP contribution in [0.1, 0.15) is 29.0 Å². The molecule has 24 heavy (non-hydrogen) atoms. The Hall–Kier alpha value is -2.15. The molecule has 128 valence electrons. The van der Waals surface area contributed by atoms with Crippen LogP contribution in [0, 0.1) is 17.7 Å². The van der Waals surface area contributed by atoms with Crippen molar-refractivity contribution in [1.82, 2.24) is 20.1 Å². The number of hydrogen-bond acceptors (Lipinski definition) is 3. The van der Waals surface area contributed by atoms with E-state index in [1.54, 1.807) is 6.07 Å². The van der Waals surface area contributed by atoms with Gasteiger partial charge in [-0.25, -0.2) is 13.9 Å². The highest BCUT2D eigenvalue weighted by atomic mass is 35.5. The fraction of sp³-hybridized carbons (Fsp3) is 0.438. The Morgan fingerprint density at radius 1 is 1.54 bits per heavy atom. The molecule has 1 aromatic heterocycles. The van der Waals surface area contributed by atoms with E-state index < -0.39 is 11.6 Å². The van der Waals surface area contributed by atoms with Crippen molar-refractivity contribution < 1.29 is 9.18 Å². The quantitative estimate of drug-likeness (QED) is 0.833. The number of halogens is 2. The lowest BCUT2D eigenvalue weighted by Gasteiger charge is -2.17. The van der Waals surface area contributed by atoms with Crippen LogP contribution in [0.2, 0.25) is 5.02 Å². The molecule has 1 aliphatic carbocycles. The molecule has 1 heterocycles. The molecule has 1 aromatic carbocycles. The zero-order valence-electron chi connectivity index (χ0n) is 13.2. The summed E-state index contributed by atoms with van der Waals surface area (Å²) in [4.78, 5) is 25.8. The van der Waals surface area contributed by atoms with Crippen LogP contribution in [0.25, 0.3) is 0 Å². The van der Waals surface area contributed by atoms with Crippen LogP contribution in [0.3, 0.4) is 0 Å². The molecule has 0 saturated heterocycles. The molecule has 0 radical (unpaired) electrons. The molecule has 3 rings (SSSR count). The Morgan fingerprint density at radius 3 is 2.88 bits per heavy atom. The second-order valence-electron chi connectivity index (χ2n) is 6.15. The van der Waals surface area contributed by atoms with Crippen molar-refractivity contribution >= 4 is 17.5 Å². The van der Waals surface area contributed by atoms with Gasteiger partial charge in [-0.3, -0.25) is 9.78 Å². The van der Waals surface area contributed by atoms with Gasteiger partial charge in [0.1, 0.15) is 5.82 Å². The lowest BCUT2D eigenvalue weighted by atomic mass is 9.94. The summed E-state index contributed by atoms with van der Waals surface area (Å²) < 4.78 is 14.2. The molecule has 0 spiro atoms. The predicted octanol–water partition coefficient (Wildman–Crippen LogP) is 1.90. The first-order valence-corrected chi connectivity index (χ1v) is 8.17. The van der Waals surface area contributed by atoms with Crippen molar-refractivity contribution in [1.29, 1.82) is 0 Å². The van der Waals surface area contributed by atoms with Gasteiger partial charge in [-0.15, -0.1) is 5.10 Å². The summed E-state index contributed by atoms with van der Waals surface area (Å²) >= 11 is 6.10. The van der Waals surface area contributed by atoms with Crippen molar-refractivity contribution in [3.63, 3.8) is 0 Å². The maximum Gasteiger partial charge on any atom is 0.343 e. The average Bonchev–Trinajstić information content (AvgIpc) is 3.31. The van der Waals surface area contributed by atoms with Gasteiger partial charge >= 0.3 is 5.69 Å². The summed E-state index contributed by atoms with van der Waals surface area (Å²) in [5, 5.41) is 7.04. The third-order valence-electron chi connectivity index (χ3n) is 4.30. The van der Waals surface area contributed by atoms with E-state index in [-0.39, 0.29) is 17.6 Å². The molecule has 0 aliphatic heterocycles. The number of nitrogens with one attached hydrogen (secondary N) is 2. The number of aromatic nitrogens is 3. The molecular weight excluding hydrogens is 335 g/mol. The van der Waals surface area contributed by atoms with Crippen molar-refractivity contribution in [2.24, 2.45) is 18.9 Å². The van der Waals surface area contributed by atoms with E-state index in [2.05, 4.69) is 15.4 Å². The largest absolute Gasteiger partial charge is 0.349 e. The average molecular weight is 353 g/mol. The van der Waals surface area contributed by atoms with Gasteiger partial charge in [0.05, 0.1) is 0 Å². The Morgan fingerprint density at radius 2 is 2.29 bits per heavy atom. The van der Waals surface area contributed by atoms with Crippen LogP contribution >= 0.6 is 11.6 Å². The number of H-pyrrole nitrogens is 1. The zero-order valence-corrected chi connectivity index (χ0v) is 13.9. The van der Waals surface area contributed by atoms with Gasteiger partial charge in [0.2, 0.25) is 5.82 Å². The first kappa shape index (κ1) is 16.7. The molecule has 1 amide bonds. The van der Waals surface area contributed by atoms with Crippen molar-refractivity contribution in [2.45, 2.75) is 19.3 Å². The maximum absolute atomic E-state index is 13.2. The number of aryl methyl sites for hydroxylation is 1. The molecule has 0 bridgehead atoms. The van der Waals surface area contributed by atoms with Crippen molar-refractivity contribution in [2.75, 3.05) is 6.54 Å². The molecule has 1 saturated carbocycles. The molecule has 1 fully saturated rings. The number of rotatable bonds is 6. The molecule has 2 N–H and O–H groups in total. The summed E-state index contributed by atoms with van der Waals surface area (Å²) in [5.41, 5.74) is 0.437. The number of aromatic amines is 1. The van der Waals surface area contributed by atoms with Gasteiger partial charge < -0.3 is 5.32 Å². The number of carbonyl (C=O) groups is 1. The summed E-state index contributed by atoms with van der Waals surface area (Å²) in [6.45, 7) is 0.454. The summed E-state index contributed by atoms with van der Waals surface area (Å²) in [6, 6.07) is 4.38. The second-order valence-corrected chi connectivity index (χ2v) is 6.56. The molecule has 1 aliphatic rings. The van der Waals surface area contributed by atoms with Gasteiger partial charge in [-0.2, -0.15) is 0 Å². The van der Waals surface area contributed by atoms with Crippen molar-refractivity contribution in [3.8, 4) is 0 Å². The van der Waals surface area contributed by atoms with Crippen LogP contribution < -0.4 is 11.0 Å². The summed E-state index contributed by atoms with van der Waals surface area (Å²) in [7, 11) is 1.47. The van der Waals surface area contributed by atoms with Gasteiger partial charge in [0.15, 0.2) is 0 Å². The lowest BCUT2D eigenvalue weighted by molar-refractivity contribution is 0.0934. The second kappa shape index (κ2) is 6.76. The van der Waals surface area contributed by atoms with Crippen LogP contribution in [0.4, 0.5) is 4.39 Å². The minimum atomic E-state index is -0.433. The summed E-state index contributed by atoms with van der Waals surface area (Å²) in [5.74, 6) is -0.0407. The standard InChI is InChI=1S/C16H18ClFN4O2/c1-22-16(24)20-14(21-22)15(23)19-8-11(9-2-3-9)6-10-4-5-12(18)7-13(10)17/h4-5,7,9,11H,2-3,6,8H2,1H3,(H,19,23)(H,20,21,24). The predicted molar refractivity (Wildman–Crippen MR) is 87.5 cm³/mol. The Labute approximate surface area is 143 Å². The monoisotopic (exact) mass is 352 g/mol. The molecule has 6 nitrogen and oxygen atoms in total. The number of carbonyl (C=O) groups excluding carboxylic acids is 1. The van der Waals surface area contributed by atoms with E-state index in [1.165, 1.54) is 19.2 Å². The van der Waals surface area contributed by atoms with Gasteiger partial charge in [-0.05, 0) is 48.8 Å². The highest BCUT2D eigenvalue weighted by Crippen LogP contribution is 2.39. The number of benzene rings is 1. The van der Waals surface area contributed by atoms with Crippen LogP contribution in [0.15, 0.2) is 23.0 Å². The van der Waals surface area contributed by atoms with Crippen LogP contribution in [-0.4, -0.2) is 27.2 Å². The minimum absolute atomic E-state index is 0.00291. The topological polar surface area (TPSA) is 79.8 Å². The summed E-state index contributed by atoms with van der Waals surface area (Å²) in [6.07, 6.45) is 2.89. The van der Waals surface area contributed by atoms with Gasteiger partial charge in [0.25, 0.3) is 5.91 Å². The van der Waals surface area contributed by atoms with Gasteiger partial charge in [0, 0.05) is 18.6 Å². The van der Waals surface area contributed by atoms with E-state index in [4.69, 9.17) is 11.6 Å². The lowest BCUT2D eigenvalue weighted by Crippen LogP contribution is -2.32. The molecule has 8 heteroatoms.